The van der Waals surface area contributed by atoms with Gasteiger partial charge in [0.2, 0.25) is 0 Å². The number of benzene rings is 2. The Morgan fingerprint density at radius 2 is 1.80 bits per heavy atom. The lowest BCUT2D eigenvalue weighted by Gasteiger charge is -2.07. The topological polar surface area (TPSA) is 68.3 Å². The van der Waals surface area contributed by atoms with Crippen LogP contribution in [-0.2, 0) is 16.1 Å². The average molecular weight is 423 g/mol. The van der Waals surface area contributed by atoms with Crippen LogP contribution in [0.3, 0.4) is 0 Å². The van der Waals surface area contributed by atoms with E-state index in [1.165, 1.54) is 16.9 Å². The second-order valence-electron chi connectivity index (χ2n) is 7.56. The molecule has 0 spiro atoms. The van der Waals surface area contributed by atoms with Gasteiger partial charge in [-0.3, -0.25) is 9.59 Å². The maximum Gasteiger partial charge on any atom is 0.325 e. The van der Waals surface area contributed by atoms with E-state index in [0.717, 1.165) is 21.7 Å². The highest BCUT2D eigenvalue weighted by atomic mass is 32.1. The highest BCUT2D eigenvalue weighted by molar-refractivity contribution is 7.13. The van der Waals surface area contributed by atoms with Crippen molar-refractivity contribution < 1.29 is 14.3 Å². The van der Waals surface area contributed by atoms with Crippen molar-refractivity contribution in [3.05, 3.63) is 75.8 Å². The van der Waals surface area contributed by atoms with Crippen molar-refractivity contribution in [2.75, 3.05) is 6.54 Å². The lowest BCUT2D eigenvalue weighted by Crippen LogP contribution is -2.30. The highest BCUT2D eigenvalue weighted by Crippen LogP contribution is 2.26. The number of hydrogen-bond acceptors (Lipinski definition) is 5. The van der Waals surface area contributed by atoms with E-state index < -0.39 is 5.97 Å². The molecule has 5 nitrogen and oxygen atoms in total. The quantitative estimate of drug-likeness (QED) is 0.543. The van der Waals surface area contributed by atoms with Crippen LogP contribution < -0.4 is 5.32 Å². The second-order valence-corrected chi connectivity index (χ2v) is 8.42. The molecule has 0 bridgehead atoms. The Balaban J connectivity index is 1.49. The molecule has 1 heterocycles. The van der Waals surface area contributed by atoms with E-state index in [1.54, 1.807) is 12.1 Å². The zero-order valence-electron chi connectivity index (χ0n) is 17.7. The van der Waals surface area contributed by atoms with Crippen molar-refractivity contribution in [2.24, 2.45) is 0 Å². The van der Waals surface area contributed by atoms with E-state index in [-0.39, 0.29) is 19.1 Å². The van der Waals surface area contributed by atoms with Crippen LogP contribution in [0, 0.1) is 13.8 Å². The largest absolute Gasteiger partial charge is 0.458 e. The standard InChI is InChI=1S/C24H26N2O3S/c1-15(2)18-7-9-19(10-8-18)24-26-21(14-30-24)13-29-22(27)12-25-23(28)20-6-5-16(3)17(4)11-20/h5-11,14-15H,12-13H2,1-4H3,(H,25,28). The third-order valence-electron chi connectivity index (χ3n) is 4.92. The summed E-state index contributed by atoms with van der Waals surface area (Å²) in [5.74, 6) is -0.306. The Hall–Kier alpha value is -2.99. The van der Waals surface area contributed by atoms with Crippen molar-refractivity contribution in [1.29, 1.82) is 0 Å². The molecule has 1 amide bonds. The number of thiazole rings is 1. The summed E-state index contributed by atoms with van der Waals surface area (Å²) < 4.78 is 5.25. The maximum atomic E-state index is 12.2. The van der Waals surface area contributed by atoms with E-state index in [1.807, 2.05) is 25.3 Å². The molecule has 2 aromatic carbocycles. The number of ether oxygens (including phenoxy) is 1. The van der Waals surface area contributed by atoms with Crippen molar-refractivity contribution in [3.8, 4) is 10.6 Å². The summed E-state index contributed by atoms with van der Waals surface area (Å²) in [6, 6.07) is 13.8. The molecule has 3 rings (SSSR count). The van der Waals surface area contributed by atoms with Crippen molar-refractivity contribution >= 4 is 23.2 Å². The monoisotopic (exact) mass is 422 g/mol. The summed E-state index contributed by atoms with van der Waals surface area (Å²) >= 11 is 1.51. The van der Waals surface area contributed by atoms with Gasteiger partial charge < -0.3 is 10.1 Å². The Morgan fingerprint density at radius 1 is 1.07 bits per heavy atom. The minimum absolute atomic E-state index is 0.0823. The number of rotatable bonds is 7. The van der Waals surface area contributed by atoms with Gasteiger partial charge in [0.25, 0.3) is 5.91 Å². The third-order valence-corrected chi connectivity index (χ3v) is 5.86. The summed E-state index contributed by atoms with van der Waals surface area (Å²) in [6.07, 6.45) is 0. The lowest BCUT2D eigenvalue weighted by atomic mass is 10.0. The van der Waals surface area contributed by atoms with E-state index in [9.17, 15) is 9.59 Å². The molecule has 1 N–H and O–H groups in total. The normalized spacial score (nSPS) is 10.8. The molecular formula is C24H26N2O3S. The fourth-order valence-corrected chi connectivity index (χ4v) is 3.67. The first-order chi connectivity index (χ1) is 14.3. The first-order valence-corrected chi connectivity index (χ1v) is 10.8. The molecule has 0 saturated heterocycles. The van der Waals surface area contributed by atoms with Gasteiger partial charge in [-0.25, -0.2) is 4.98 Å². The average Bonchev–Trinajstić information content (AvgIpc) is 3.21. The summed E-state index contributed by atoms with van der Waals surface area (Å²) in [5, 5.41) is 5.37. The van der Waals surface area contributed by atoms with Gasteiger partial charge in [-0.1, -0.05) is 44.2 Å². The van der Waals surface area contributed by atoms with E-state index in [0.29, 0.717) is 17.2 Å². The Morgan fingerprint density at radius 3 is 2.47 bits per heavy atom. The van der Waals surface area contributed by atoms with Gasteiger partial charge in [0, 0.05) is 16.5 Å². The SMILES string of the molecule is Cc1ccc(C(=O)NCC(=O)OCc2csc(-c3ccc(C(C)C)cc3)n2)cc1C. The molecule has 156 valence electrons. The predicted molar refractivity (Wildman–Crippen MR) is 120 cm³/mol. The van der Waals surface area contributed by atoms with Crippen molar-refractivity contribution in [1.82, 2.24) is 10.3 Å². The van der Waals surface area contributed by atoms with Gasteiger partial charge >= 0.3 is 5.97 Å². The number of amides is 1. The molecule has 0 aliphatic rings. The van der Waals surface area contributed by atoms with Crippen LogP contribution in [0.4, 0.5) is 0 Å². The fourth-order valence-electron chi connectivity index (χ4n) is 2.86. The van der Waals surface area contributed by atoms with Gasteiger partial charge in [-0.15, -0.1) is 11.3 Å². The van der Waals surface area contributed by atoms with Crippen molar-refractivity contribution in [2.45, 2.75) is 40.2 Å². The highest BCUT2D eigenvalue weighted by Gasteiger charge is 2.11. The maximum absolute atomic E-state index is 12.2. The number of hydrogen-bond donors (Lipinski definition) is 1. The number of carbonyl (C=O) groups is 2. The minimum Gasteiger partial charge on any atom is -0.458 e. The molecule has 1 aromatic heterocycles. The smallest absolute Gasteiger partial charge is 0.325 e. The van der Waals surface area contributed by atoms with E-state index in [4.69, 9.17) is 4.74 Å². The fraction of sp³-hybridized carbons (Fsp3) is 0.292. The number of nitrogens with one attached hydrogen (secondary N) is 1. The number of esters is 1. The number of nitrogens with zero attached hydrogens (tertiary/aromatic N) is 1. The van der Waals surface area contributed by atoms with E-state index >= 15 is 0 Å². The predicted octanol–water partition coefficient (Wildman–Crippen LogP) is 5.02. The number of aryl methyl sites for hydroxylation is 2. The first kappa shape index (κ1) is 21.7. The lowest BCUT2D eigenvalue weighted by molar-refractivity contribution is -0.143. The number of carbonyl (C=O) groups excluding carboxylic acids is 2. The van der Waals surface area contributed by atoms with Crippen LogP contribution in [0.2, 0.25) is 0 Å². The molecule has 0 aliphatic carbocycles. The molecule has 3 aromatic rings. The molecule has 0 unspecified atom stereocenters. The van der Waals surface area contributed by atoms with Gasteiger partial charge in [0.05, 0.1) is 5.69 Å². The molecular weight excluding hydrogens is 396 g/mol. The zero-order chi connectivity index (χ0) is 21.7. The molecule has 0 atom stereocenters. The van der Waals surface area contributed by atoms with E-state index in [2.05, 4.69) is 48.4 Å². The molecule has 0 radical (unpaired) electrons. The number of aromatic nitrogens is 1. The molecule has 6 heteroatoms. The van der Waals surface area contributed by atoms with Crippen LogP contribution in [0.1, 0.15) is 52.5 Å². The van der Waals surface area contributed by atoms with Gasteiger partial charge in [0.15, 0.2) is 0 Å². The Bertz CT molecular complexity index is 1040. The summed E-state index contributed by atoms with van der Waals surface area (Å²) in [6.45, 7) is 8.16. The molecule has 0 saturated carbocycles. The molecule has 0 aliphatic heterocycles. The van der Waals surface area contributed by atoms with Crippen molar-refractivity contribution in [3.63, 3.8) is 0 Å². The van der Waals surface area contributed by atoms with Gasteiger partial charge in [0.1, 0.15) is 18.2 Å². The van der Waals surface area contributed by atoms with Crippen LogP contribution in [0.15, 0.2) is 47.8 Å². The Kier molecular flexibility index (Phi) is 7.00. The minimum atomic E-state index is -0.497. The summed E-state index contributed by atoms with van der Waals surface area (Å²) in [5.41, 5.74) is 5.69. The third kappa shape index (κ3) is 5.54. The molecule has 30 heavy (non-hydrogen) atoms. The Labute approximate surface area is 181 Å². The molecule has 0 fully saturated rings. The summed E-state index contributed by atoms with van der Waals surface area (Å²) in [7, 11) is 0. The van der Waals surface area contributed by atoms with Crippen LogP contribution >= 0.6 is 11.3 Å². The summed E-state index contributed by atoms with van der Waals surface area (Å²) in [4.78, 5) is 28.7. The van der Waals surface area contributed by atoms with Gasteiger partial charge in [-0.2, -0.15) is 0 Å². The first-order valence-electron chi connectivity index (χ1n) is 9.89. The zero-order valence-corrected chi connectivity index (χ0v) is 18.5. The van der Waals surface area contributed by atoms with Gasteiger partial charge in [-0.05, 0) is 48.6 Å². The van der Waals surface area contributed by atoms with Crippen LogP contribution in [-0.4, -0.2) is 23.4 Å². The van der Waals surface area contributed by atoms with Crippen LogP contribution in [0.5, 0.6) is 0 Å². The van der Waals surface area contributed by atoms with Crippen LogP contribution in [0.25, 0.3) is 10.6 Å². The second kappa shape index (κ2) is 9.67.